The second-order valence-corrected chi connectivity index (χ2v) is 6.32. The molecule has 0 aliphatic carbocycles. The summed E-state index contributed by atoms with van der Waals surface area (Å²) in [6, 6.07) is 1.93. The number of aromatic nitrogens is 1. The third kappa shape index (κ3) is 8.30. The highest BCUT2D eigenvalue weighted by atomic mass is 16.5. The summed E-state index contributed by atoms with van der Waals surface area (Å²) in [6.07, 6.45) is 0. The molecule has 0 aliphatic heterocycles. The van der Waals surface area contributed by atoms with Gasteiger partial charge >= 0.3 is 0 Å². The van der Waals surface area contributed by atoms with E-state index >= 15 is 0 Å². The van der Waals surface area contributed by atoms with Crippen molar-refractivity contribution in [3.05, 3.63) is 17.5 Å². The molecule has 116 valence electrons. The molecule has 0 amide bonds. The van der Waals surface area contributed by atoms with Crippen LogP contribution in [0.1, 0.15) is 46.1 Å². The number of hydrogen-bond acceptors (Lipinski definition) is 5. The molecule has 0 saturated heterocycles. The molecule has 0 aromatic carbocycles. The summed E-state index contributed by atoms with van der Waals surface area (Å²) < 4.78 is 16.3. The highest BCUT2D eigenvalue weighted by Crippen LogP contribution is 2.07. The minimum Gasteiger partial charge on any atom is -0.373 e. The molecule has 0 aliphatic rings. The molecule has 20 heavy (non-hydrogen) atoms. The van der Waals surface area contributed by atoms with Crippen molar-refractivity contribution in [3.8, 4) is 0 Å². The summed E-state index contributed by atoms with van der Waals surface area (Å²) in [7, 11) is 0. The molecule has 0 atom stereocenters. The van der Waals surface area contributed by atoms with Gasteiger partial charge in [-0.25, -0.2) is 0 Å². The van der Waals surface area contributed by atoms with Crippen LogP contribution in [0, 0.1) is 5.92 Å². The first-order valence-corrected chi connectivity index (χ1v) is 7.23. The molecular weight excluding hydrogens is 256 g/mol. The van der Waals surface area contributed by atoms with E-state index in [1.807, 2.05) is 26.8 Å². The quantitative estimate of drug-likeness (QED) is 0.707. The maximum absolute atomic E-state index is 5.57. The predicted molar refractivity (Wildman–Crippen MR) is 78.4 cm³/mol. The molecule has 1 aromatic rings. The molecule has 0 bridgehead atoms. The van der Waals surface area contributed by atoms with Crippen LogP contribution in [0.15, 0.2) is 10.6 Å². The monoisotopic (exact) mass is 284 g/mol. The second-order valence-electron chi connectivity index (χ2n) is 6.32. The molecule has 5 heteroatoms. The number of nitrogens with one attached hydrogen (secondary N) is 1. The van der Waals surface area contributed by atoms with Crippen molar-refractivity contribution in [2.45, 2.75) is 53.4 Å². The molecule has 0 saturated carbocycles. The van der Waals surface area contributed by atoms with Gasteiger partial charge in [0, 0.05) is 12.6 Å². The third-order valence-electron chi connectivity index (χ3n) is 2.47. The van der Waals surface area contributed by atoms with E-state index in [9.17, 15) is 0 Å². The average Bonchev–Trinajstić information content (AvgIpc) is 2.74. The second kappa shape index (κ2) is 8.39. The van der Waals surface area contributed by atoms with Crippen LogP contribution in [0.3, 0.4) is 0 Å². The van der Waals surface area contributed by atoms with Gasteiger partial charge in [0.25, 0.3) is 0 Å². The van der Waals surface area contributed by atoms with Crippen LogP contribution in [0.5, 0.6) is 0 Å². The van der Waals surface area contributed by atoms with Gasteiger partial charge in [-0.2, -0.15) is 0 Å². The van der Waals surface area contributed by atoms with Crippen LogP contribution in [-0.2, 0) is 22.6 Å². The zero-order valence-corrected chi connectivity index (χ0v) is 13.4. The first-order chi connectivity index (χ1) is 9.37. The van der Waals surface area contributed by atoms with Gasteiger partial charge in [0.1, 0.15) is 6.61 Å². The zero-order valence-electron chi connectivity index (χ0n) is 13.4. The van der Waals surface area contributed by atoms with E-state index in [0.29, 0.717) is 25.7 Å². The third-order valence-corrected chi connectivity index (χ3v) is 2.47. The Bertz CT molecular complexity index is 369. The summed E-state index contributed by atoms with van der Waals surface area (Å²) in [5, 5.41) is 7.33. The lowest BCUT2D eigenvalue weighted by Crippen LogP contribution is -2.21. The van der Waals surface area contributed by atoms with E-state index < -0.39 is 0 Å². The Hall–Kier alpha value is -0.910. The van der Waals surface area contributed by atoms with E-state index in [1.165, 1.54) is 0 Å². The van der Waals surface area contributed by atoms with Crippen molar-refractivity contribution in [2.24, 2.45) is 5.92 Å². The van der Waals surface area contributed by atoms with E-state index in [-0.39, 0.29) is 5.60 Å². The zero-order chi connectivity index (χ0) is 15.0. The fraction of sp³-hybridized carbons (Fsp3) is 0.800. The van der Waals surface area contributed by atoms with E-state index in [4.69, 9.17) is 14.0 Å². The molecule has 0 unspecified atom stereocenters. The molecule has 0 fully saturated rings. The average molecular weight is 284 g/mol. The van der Waals surface area contributed by atoms with Crippen LogP contribution >= 0.6 is 0 Å². The van der Waals surface area contributed by atoms with Crippen molar-refractivity contribution < 1.29 is 14.0 Å². The topological polar surface area (TPSA) is 56.5 Å². The van der Waals surface area contributed by atoms with Gasteiger partial charge in [-0.3, -0.25) is 0 Å². The normalized spacial score (nSPS) is 12.3. The van der Waals surface area contributed by atoms with Crippen LogP contribution in [0.2, 0.25) is 0 Å². The first kappa shape index (κ1) is 17.1. The Morgan fingerprint density at radius 3 is 2.70 bits per heavy atom. The predicted octanol–water partition coefficient (Wildman–Crippen LogP) is 2.75. The Morgan fingerprint density at radius 1 is 1.30 bits per heavy atom. The van der Waals surface area contributed by atoms with Gasteiger partial charge < -0.3 is 19.3 Å². The van der Waals surface area contributed by atoms with Gasteiger partial charge in [0.15, 0.2) is 5.76 Å². The Morgan fingerprint density at radius 2 is 2.05 bits per heavy atom. The Labute approximate surface area is 122 Å². The van der Waals surface area contributed by atoms with E-state index in [0.717, 1.165) is 24.5 Å². The van der Waals surface area contributed by atoms with Crippen LogP contribution in [0.25, 0.3) is 0 Å². The summed E-state index contributed by atoms with van der Waals surface area (Å²) in [4.78, 5) is 0. The van der Waals surface area contributed by atoms with Crippen molar-refractivity contribution in [3.63, 3.8) is 0 Å². The molecule has 0 spiro atoms. The standard InChI is InChI=1S/C15H28N2O3/c1-12(2)9-16-10-13-8-14(20-17-13)11-18-6-7-19-15(3,4)5/h8,12,16H,6-7,9-11H2,1-5H3. The maximum Gasteiger partial charge on any atom is 0.162 e. The molecule has 5 nitrogen and oxygen atoms in total. The van der Waals surface area contributed by atoms with Crippen molar-refractivity contribution >= 4 is 0 Å². The fourth-order valence-corrected chi connectivity index (χ4v) is 1.58. The van der Waals surface area contributed by atoms with Gasteiger partial charge in [0.2, 0.25) is 0 Å². The lowest BCUT2D eigenvalue weighted by molar-refractivity contribution is -0.0398. The maximum atomic E-state index is 5.57. The SMILES string of the molecule is CC(C)CNCc1cc(COCCOC(C)(C)C)on1. The van der Waals surface area contributed by atoms with Gasteiger partial charge in [0.05, 0.1) is 24.5 Å². The highest BCUT2D eigenvalue weighted by molar-refractivity contribution is 5.04. The molecule has 1 aromatic heterocycles. The van der Waals surface area contributed by atoms with Gasteiger partial charge in [-0.15, -0.1) is 0 Å². The number of nitrogens with zero attached hydrogens (tertiary/aromatic N) is 1. The fourth-order valence-electron chi connectivity index (χ4n) is 1.58. The van der Waals surface area contributed by atoms with E-state index in [1.54, 1.807) is 0 Å². The Kier molecular flexibility index (Phi) is 7.19. The summed E-state index contributed by atoms with van der Waals surface area (Å²) in [5.74, 6) is 1.38. The van der Waals surface area contributed by atoms with Crippen molar-refractivity contribution in [1.29, 1.82) is 0 Å². The minimum atomic E-state index is -0.120. The number of rotatable bonds is 9. The molecule has 1 N–H and O–H groups in total. The summed E-state index contributed by atoms with van der Waals surface area (Å²) >= 11 is 0. The smallest absolute Gasteiger partial charge is 0.162 e. The molecule has 1 rings (SSSR count). The van der Waals surface area contributed by atoms with Gasteiger partial charge in [-0.05, 0) is 33.2 Å². The Balaban J connectivity index is 2.14. The van der Waals surface area contributed by atoms with Crippen LogP contribution in [-0.4, -0.2) is 30.5 Å². The first-order valence-electron chi connectivity index (χ1n) is 7.23. The highest BCUT2D eigenvalue weighted by Gasteiger charge is 2.09. The van der Waals surface area contributed by atoms with E-state index in [2.05, 4.69) is 24.3 Å². The van der Waals surface area contributed by atoms with Gasteiger partial charge in [-0.1, -0.05) is 19.0 Å². The number of hydrogen-bond donors (Lipinski definition) is 1. The van der Waals surface area contributed by atoms with Crippen LogP contribution < -0.4 is 5.32 Å². The summed E-state index contributed by atoms with van der Waals surface area (Å²) in [5.41, 5.74) is 0.792. The lowest BCUT2D eigenvalue weighted by atomic mass is 10.2. The van der Waals surface area contributed by atoms with Crippen LogP contribution in [0.4, 0.5) is 0 Å². The van der Waals surface area contributed by atoms with Crippen molar-refractivity contribution in [1.82, 2.24) is 10.5 Å². The number of ether oxygens (including phenoxy) is 2. The molecule has 1 heterocycles. The minimum absolute atomic E-state index is 0.120. The summed E-state index contributed by atoms with van der Waals surface area (Å²) in [6.45, 7) is 13.7. The lowest BCUT2D eigenvalue weighted by Gasteiger charge is -2.19. The van der Waals surface area contributed by atoms with Crippen molar-refractivity contribution in [2.75, 3.05) is 19.8 Å². The largest absolute Gasteiger partial charge is 0.373 e. The molecular formula is C15H28N2O3. The molecule has 0 radical (unpaired) electrons.